The minimum absolute atomic E-state index is 0.940. The third-order valence-electron chi connectivity index (χ3n) is 4.45. The van der Waals surface area contributed by atoms with Gasteiger partial charge in [-0.1, -0.05) is 36.6 Å². The molecule has 4 heteroatoms. The normalized spacial score (nSPS) is 11.7. The van der Waals surface area contributed by atoms with Gasteiger partial charge in [0.1, 0.15) is 11.2 Å². The highest BCUT2D eigenvalue weighted by molar-refractivity contribution is 6.11. The molecule has 0 aliphatic heterocycles. The highest BCUT2D eigenvalue weighted by atomic mass is 15.3. The van der Waals surface area contributed by atoms with Crippen LogP contribution in [0.2, 0.25) is 0 Å². The fourth-order valence-corrected chi connectivity index (χ4v) is 3.32. The summed E-state index contributed by atoms with van der Waals surface area (Å²) in [5.74, 6) is 6.38. The number of hydrogen-bond donors (Lipinski definition) is 1. The Balaban J connectivity index is 2.23. The van der Waals surface area contributed by atoms with Crippen LogP contribution >= 0.6 is 0 Å². The van der Waals surface area contributed by atoms with Gasteiger partial charge in [0, 0.05) is 28.0 Å². The Bertz CT molecular complexity index is 1010. The summed E-state index contributed by atoms with van der Waals surface area (Å²) in [5.41, 5.74) is 5.58. The summed E-state index contributed by atoms with van der Waals surface area (Å²) in [6.45, 7) is 4.32. The largest absolute Gasteiger partial charge is 0.338 e. The van der Waals surface area contributed by atoms with Gasteiger partial charge in [0.05, 0.1) is 5.52 Å². The molecule has 0 aliphatic rings. The quantitative estimate of drug-likeness (QED) is 0.456. The molecule has 22 heavy (non-hydrogen) atoms. The molecule has 0 bridgehead atoms. The first-order valence-corrected chi connectivity index (χ1v) is 7.76. The summed E-state index contributed by atoms with van der Waals surface area (Å²) in [5, 5.41) is 7.13. The molecule has 0 atom stereocenters. The van der Waals surface area contributed by atoms with Gasteiger partial charge in [0.25, 0.3) is 5.52 Å². The molecule has 1 aromatic carbocycles. The van der Waals surface area contributed by atoms with Crippen LogP contribution in [0.15, 0.2) is 42.6 Å². The Hall–Kier alpha value is -2.62. The maximum Gasteiger partial charge on any atom is 0.264 e. The lowest BCUT2D eigenvalue weighted by Gasteiger charge is -2.03. The topological polar surface area (TPSA) is 47.9 Å². The fraction of sp³-hybridized carbons (Fsp3) is 0.222. The van der Waals surface area contributed by atoms with E-state index in [4.69, 9.17) is 10.9 Å². The number of aryl methyl sites for hydroxylation is 2. The van der Waals surface area contributed by atoms with E-state index in [-0.39, 0.29) is 0 Å². The minimum atomic E-state index is 0.940. The summed E-state index contributed by atoms with van der Waals surface area (Å²) in [6, 6.07) is 12.6. The number of nitrogen functional groups attached to an aromatic ring is 1. The number of fused-ring (bicyclic) bond motifs is 5. The van der Waals surface area contributed by atoms with Crippen LogP contribution < -0.4 is 10.4 Å². The lowest BCUT2D eigenvalue weighted by molar-refractivity contribution is -0.580. The Morgan fingerprint density at radius 2 is 1.91 bits per heavy atom. The number of benzene rings is 1. The van der Waals surface area contributed by atoms with Gasteiger partial charge >= 0.3 is 0 Å². The van der Waals surface area contributed by atoms with Gasteiger partial charge in [-0.15, -0.1) is 0 Å². The van der Waals surface area contributed by atoms with E-state index >= 15 is 0 Å². The van der Waals surface area contributed by atoms with Crippen LogP contribution in [0.3, 0.4) is 0 Å². The van der Waals surface area contributed by atoms with Gasteiger partial charge in [-0.2, -0.15) is 0 Å². The van der Waals surface area contributed by atoms with E-state index in [2.05, 4.69) is 44.2 Å². The second kappa shape index (κ2) is 4.70. The van der Waals surface area contributed by atoms with Crippen LogP contribution in [0.5, 0.6) is 0 Å². The highest BCUT2D eigenvalue weighted by Crippen LogP contribution is 2.28. The third-order valence-corrected chi connectivity index (χ3v) is 4.45. The predicted octanol–water partition coefficient (Wildman–Crippen LogP) is 2.77. The third kappa shape index (κ3) is 1.64. The summed E-state index contributed by atoms with van der Waals surface area (Å²) in [6.07, 6.45) is 3.95. The van der Waals surface area contributed by atoms with E-state index in [1.54, 1.807) is 4.68 Å². The van der Waals surface area contributed by atoms with Gasteiger partial charge in [0.15, 0.2) is 0 Å². The van der Waals surface area contributed by atoms with E-state index in [0.29, 0.717) is 0 Å². The van der Waals surface area contributed by atoms with Crippen molar-refractivity contribution in [3.8, 4) is 0 Å². The standard InChI is InChI=1S/C18H19N4/c1-3-12-11-17-18-14(9-10-21(17)20-15(12)4-2)13-7-5-6-8-16(13)22(18)19/h5-11H,3-4,19H2,1-2H3/q+1. The van der Waals surface area contributed by atoms with Crippen molar-refractivity contribution in [1.82, 2.24) is 9.77 Å². The molecule has 0 saturated heterocycles. The van der Waals surface area contributed by atoms with Crippen LogP contribution in [-0.4, -0.2) is 9.77 Å². The number of hydrogen-bond acceptors (Lipinski definition) is 2. The maximum absolute atomic E-state index is 6.38. The number of nitrogens with two attached hydrogens (primary N) is 1. The Morgan fingerprint density at radius 1 is 1.09 bits per heavy atom. The average Bonchev–Trinajstić information content (AvgIpc) is 2.87. The van der Waals surface area contributed by atoms with Crippen LogP contribution in [0, 0.1) is 0 Å². The van der Waals surface area contributed by atoms with Crippen molar-refractivity contribution >= 4 is 27.3 Å². The zero-order valence-electron chi connectivity index (χ0n) is 12.9. The first kappa shape index (κ1) is 13.1. The molecule has 0 aliphatic carbocycles. The van der Waals surface area contributed by atoms with Crippen molar-refractivity contribution in [1.29, 1.82) is 0 Å². The Labute approximate surface area is 128 Å². The first-order valence-electron chi connectivity index (χ1n) is 7.76. The Morgan fingerprint density at radius 3 is 2.68 bits per heavy atom. The van der Waals surface area contributed by atoms with Gasteiger partial charge in [-0.3, -0.25) is 4.68 Å². The van der Waals surface area contributed by atoms with Gasteiger partial charge in [0.2, 0.25) is 6.20 Å². The van der Waals surface area contributed by atoms with Crippen molar-refractivity contribution < 1.29 is 4.52 Å². The SMILES string of the molecule is CCc1cc2c3c(cc[n+]2nc1CC)c1ccccc1n3N. The van der Waals surface area contributed by atoms with E-state index in [0.717, 1.165) is 35.1 Å². The average molecular weight is 291 g/mol. The van der Waals surface area contributed by atoms with Crippen molar-refractivity contribution in [2.75, 3.05) is 5.84 Å². The smallest absolute Gasteiger partial charge is 0.264 e. The molecule has 3 heterocycles. The van der Waals surface area contributed by atoms with Crippen LogP contribution in [-0.2, 0) is 12.8 Å². The molecular weight excluding hydrogens is 272 g/mol. The zero-order chi connectivity index (χ0) is 15.3. The fourth-order valence-electron chi connectivity index (χ4n) is 3.32. The molecule has 0 spiro atoms. The predicted molar refractivity (Wildman–Crippen MR) is 89.3 cm³/mol. The zero-order valence-corrected chi connectivity index (χ0v) is 12.9. The molecule has 0 radical (unpaired) electrons. The van der Waals surface area contributed by atoms with Crippen LogP contribution in [0.4, 0.5) is 0 Å². The van der Waals surface area contributed by atoms with Crippen LogP contribution in [0.25, 0.3) is 27.3 Å². The van der Waals surface area contributed by atoms with Gasteiger partial charge in [-0.25, -0.2) is 0 Å². The molecule has 0 unspecified atom stereocenters. The number of rotatable bonds is 2. The number of pyridine rings is 1. The minimum Gasteiger partial charge on any atom is -0.338 e. The second-order valence-electron chi connectivity index (χ2n) is 5.62. The van der Waals surface area contributed by atoms with Crippen molar-refractivity contribution in [3.63, 3.8) is 0 Å². The molecule has 0 amide bonds. The number of para-hydroxylation sites is 1. The molecule has 4 aromatic rings. The van der Waals surface area contributed by atoms with Crippen molar-refractivity contribution in [2.45, 2.75) is 26.7 Å². The number of nitrogens with zero attached hydrogens (tertiary/aromatic N) is 3. The molecule has 0 saturated carbocycles. The molecule has 2 N–H and O–H groups in total. The summed E-state index contributed by atoms with van der Waals surface area (Å²) >= 11 is 0. The maximum atomic E-state index is 6.38. The van der Waals surface area contributed by atoms with Gasteiger partial charge < -0.3 is 5.84 Å². The van der Waals surface area contributed by atoms with E-state index in [9.17, 15) is 0 Å². The Kier molecular flexibility index (Phi) is 2.79. The lowest BCUT2D eigenvalue weighted by atomic mass is 10.1. The molecule has 4 rings (SSSR count). The van der Waals surface area contributed by atoms with Crippen LogP contribution in [0.1, 0.15) is 25.1 Å². The van der Waals surface area contributed by atoms with E-state index < -0.39 is 0 Å². The van der Waals surface area contributed by atoms with Gasteiger partial charge in [-0.05, 0) is 24.5 Å². The first-order chi connectivity index (χ1) is 10.7. The molecule has 4 nitrogen and oxygen atoms in total. The van der Waals surface area contributed by atoms with Crippen molar-refractivity contribution in [2.24, 2.45) is 0 Å². The molecule has 0 fully saturated rings. The summed E-state index contributed by atoms with van der Waals surface area (Å²) < 4.78 is 3.73. The monoisotopic (exact) mass is 291 g/mol. The van der Waals surface area contributed by atoms with Crippen molar-refractivity contribution in [3.05, 3.63) is 53.9 Å². The number of aromatic nitrogens is 3. The van der Waals surface area contributed by atoms with E-state index in [1.807, 2.05) is 16.8 Å². The lowest BCUT2D eigenvalue weighted by Crippen LogP contribution is -2.29. The summed E-state index contributed by atoms with van der Waals surface area (Å²) in [7, 11) is 0. The molecular formula is C18H19N4+. The second-order valence-corrected chi connectivity index (χ2v) is 5.62. The molecule has 3 aromatic heterocycles. The molecule has 110 valence electrons. The summed E-state index contributed by atoms with van der Waals surface area (Å²) in [4.78, 5) is 0. The van der Waals surface area contributed by atoms with E-state index in [1.165, 1.54) is 16.3 Å². The highest BCUT2D eigenvalue weighted by Gasteiger charge is 2.19.